The summed E-state index contributed by atoms with van der Waals surface area (Å²) in [7, 11) is 1.30. The fraction of sp³-hybridized carbons (Fsp3) is 0.0500. The second-order valence-corrected chi connectivity index (χ2v) is 5.94. The van der Waals surface area contributed by atoms with Crippen molar-refractivity contribution in [3.63, 3.8) is 0 Å². The second-order valence-electron chi connectivity index (χ2n) is 5.94. The number of methoxy groups -OCH3 is 1. The van der Waals surface area contributed by atoms with Gasteiger partial charge >= 0.3 is 5.97 Å². The Hall–Kier alpha value is -4.07. The smallest absolute Gasteiger partial charge is 0.339 e. The molecular weight excluding hydrogens is 358 g/mol. The summed E-state index contributed by atoms with van der Waals surface area (Å²) < 4.78 is 6.52. The minimum Gasteiger partial charge on any atom is -0.465 e. The maximum Gasteiger partial charge on any atom is 0.339 e. The van der Waals surface area contributed by atoms with Gasteiger partial charge in [0.1, 0.15) is 6.33 Å². The highest BCUT2D eigenvalue weighted by Gasteiger charge is 2.17. The quantitative estimate of drug-likeness (QED) is 0.552. The van der Waals surface area contributed by atoms with E-state index in [2.05, 4.69) is 20.5 Å². The van der Waals surface area contributed by atoms with Crippen LogP contribution in [0.3, 0.4) is 0 Å². The fourth-order valence-electron chi connectivity index (χ4n) is 2.79. The van der Waals surface area contributed by atoms with Gasteiger partial charge in [-0.1, -0.05) is 24.3 Å². The van der Waals surface area contributed by atoms with Crippen molar-refractivity contribution >= 4 is 28.3 Å². The van der Waals surface area contributed by atoms with Crippen molar-refractivity contribution < 1.29 is 14.3 Å². The standard InChI is InChI=1S/C20H15N5O3/c1-28-20(27)15-10-13-4-2-3-5-14(13)11-17(15)22-19(26)16-6-7-18(24-23-16)25-9-8-21-12-25/h2-12H,1H3,(H,22,26). The molecule has 138 valence electrons. The molecule has 1 amide bonds. The van der Waals surface area contributed by atoms with Gasteiger partial charge in [0.2, 0.25) is 0 Å². The van der Waals surface area contributed by atoms with E-state index in [1.54, 1.807) is 47.6 Å². The summed E-state index contributed by atoms with van der Waals surface area (Å²) >= 11 is 0. The molecule has 0 aliphatic heterocycles. The molecule has 4 rings (SSSR count). The van der Waals surface area contributed by atoms with E-state index in [1.807, 2.05) is 24.3 Å². The molecule has 0 aliphatic carbocycles. The Bertz CT molecular complexity index is 1150. The average molecular weight is 373 g/mol. The number of esters is 1. The molecule has 8 heteroatoms. The van der Waals surface area contributed by atoms with Gasteiger partial charge in [-0.3, -0.25) is 9.36 Å². The highest BCUT2D eigenvalue weighted by molar-refractivity contribution is 6.09. The first-order chi connectivity index (χ1) is 13.7. The Kier molecular flexibility index (Phi) is 4.51. The van der Waals surface area contributed by atoms with Gasteiger partial charge in [0.25, 0.3) is 5.91 Å². The van der Waals surface area contributed by atoms with E-state index in [4.69, 9.17) is 4.74 Å². The molecule has 0 unspecified atom stereocenters. The van der Waals surface area contributed by atoms with Crippen LogP contribution in [-0.4, -0.2) is 38.7 Å². The SMILES string of the molecule is COC(=O)c1cc2ccccc2cc1NC(=O)c1ccc(-n2ccnc2)nn1. The first-order valence-corrected chi connectivity index (χ1v) is 8.40. The summed E-state index contributed by atoms with van der Waals surface area (Å²) in [6, 6.07) is 14.2. The Morgan fingerprint density at radius 2 is 1.82 bits per heavy atom. The molecular formula is C20H15N5O3. The lowest BCUT2D eigenvalue weighted by Gasteiger charge is -2.11. The van der Waals surface area contributed by atoms with E-state index in [0.717, 1.165) is 10.8 Å². The van der Waals surface area contributed by atoms with E-state index in [9.17, 15) is 9.59 Å². The monoisotopic (exact) mass is 373 g/mol. The molecule has 0 aliphatic rings. The van der Waals surface area contributed by atoms with Gasteiger partial charge in [-0.2, -0.15) is 0 Å². The highest BCUT2D eigenvalue weighted by Crippen LogP contribution is 2.25. The number of amides is 1. The lowest BCUT2D eigenvalue weighted by molar-refractivity contribution is 0.0602. The normalized spacial score (nSPS) is 10.6. The number of ether oxygens (including phenoxy) is 1. The van der Waals surface area contributed by atoms with Gasteiger partial charge in [0.15, 0.2) is 11.5 Å². The van der Waals surface area contributed by atoms with E-state index in [0.29, 0.717) is 11.5 Å². The predicted molar refractivity (Wildman–Crippen MR) is 102 cm³/mol. The molecule has 1 N–H and O–H groups in total. The molecule has 0 bridgehead atoms. The van der Waals surface area contributed by atoms with Crippen molar-refractivity contribution in [2.24, 2.45) is 0 Å². The van der Waals surface area contributed by atoms with Gasteiger partial charge < -0.3 is 10.1 Å². The third kappa shape index (κ3) is 3.30. The number of fused-ring (bicyclic) bond motifs is 1. The van der Waals surface area contributed by atoms with Gasteiger partial charge in [-0.05, 0) is 35.0 Å². The Balaban J connectivity index is 1.65. The molecule has 0 spiro atoms. The number of imidazole rings is 1. The number of carbonyl (C=O) groups excluding carboxylic acids is 2. The first kappa shape index (κ1) is 17.3. The number of carbonyl (C=O) groups is 2. The third-order valence-electron chi connectivity index (χ3n) is 4.19. The molecule has 2 aromatic carbocycles. The third-order valence-corrected chi connectivity index (χ3v) is 4.19. The summed E-state index contributed by atoms with van der Waals surface area (Å²) in [6.07, 6.45) is 4.93. The van der Waals surface area contributed by atoms with E-state index < -0.39 is 11.9 Å². The van der Waals surface area contributed by atoms with Gasteiger partial charge in [0.05, 0.1) is 18.4 Å². The topological polar surface area (TPSA) is 99.0 Å². The largest absolute Gasteiger partial charge is 0.465 e. The predicted octanol–water partition coefficient (Wildman–Crippen LogP) is 2.85. The van der Waals surface area contributed by atoms with E-state index >= 15 is 0 Å². The number of hydrogen-bond acceptors (Lipinski definition) is 6. The van der Waals surface area contributed by atoms with Crippen molar-refractivity contribution in [1.82, 2.24) is 19.7 Å². The van der Waals surface area contributed by atoms with Crippen molar-refractivity contribution in [1.29, 1.82) is 0 Å². The number of nitrogens with zero attached hydrogens (tertiary/aromatic N) is 4. The fourth-order valence-corrected chi connectivity index (χ4v) is 2.79. The van der Waals surface area contributed by atoms with Crippen LogP contribution in [0.15, 0.2) is 67.3 Å². The van der Waals surface area contributed by atoms with Crippen molar-refractivity contribution in [3.05, 3.63) is 78.5 Å². The van der Waals surface area contributed by atoms with Crippen molar-refractivity contribution in [2.75, 3.05) is 12.4 Å². The summed E-state index contributed by atoms with van der Waals surface area (Å²) in [4.78, 5) is 28.7. The van der Waals surface area contributed by atoms with Crippen molar-refractivity contribution in [3.8, 4) is 5.82 Å². The van der Waals surface area contributed by atoms with Gasteiger partial charge in [0, 0.05) is 12.4 Å². The first-order valence-electron chi connectivity index (χ1n) is 8.40. The minimum atomic E-state index is -0.539. The Morgan fingerprint density at radius 1 is 1.04 bits per heavy atom. The molecule has 4 aromatic rings. The van der Waals surface area contributed by atoms with Crippen LogP contribution in [0.1, 0.15) is 20.8 Å². The second kappa shape index (κ2) is 7.28. The van der Waals surface area contributed by atoms with Crippen LogP contribution < -0.4 is 5.32 Å². The highest BCUT2D eigenvalue weighted by atomic mass is 16.5. The van der Waals surface area contributed by atoms with Crippen LogP contribution in [-0.2, 0) is 4.74 Å². The van der Waals surface area contributed by atoms with Gasteiger partial charge in [-0.25, -0.2) is 9.78 Å². The number of rotatable bonds is 4. The van der Waals surface area contributed by atoms with Crippen LogP contribution in [0.4, 0.5) is 5.69 Å². The summed E-state index contributed by atoms with van der Waals surface area (Å²) in [5.41, 5.74) is 0.724. The van der Waals surface area contributed by atoms with E-state index in [1.165, 1.54) is 7.11 Å². The zero-order valence-corrected chi connectivity index (χ0v) is 14.9. The van der Waals surface area contributed by atoms with Crippen molar-refractivity contribution in [2.45, 2.75) is 0 Å². The molecule has 0 atom stereocenters. The molecule has 0 saturated carbocycles. The molecule has 0 saturated heterocycles. The number of anilines is 1. The zero-order chi connectivity index (χ0) is 19.5. The lowest BCUT2D eigenvalue weighted by atomic mass is 10.0. The summed E-state index contributed by atoms with van der Waals surface area (Å²) in [5.74, 6) is -0.484. The lowest BCUT2D eigenvalue weighted by Crippen LogP contribution is -2.17. The Labute approximate surface area is 159 Å². The number of aromatic nitrogens is 4. The maximum absolute atomic E-state index is 12.6. The summed E-state index contributed by atoms with van der Waals surface area (Å²) in [6.45, 7) is 0. The number of hydrogen-bond donors (Lipinski definition) is 1. The molecule has 2 aromatic heterocycles. The maximum atomic E-state index is 12.6. The number of benzene rings is 2. The minimum absolute atomic E-state index is 0.118. The van der Waals surface area contributed by atoms with Gasteiger partial charge in [-0.15, -0.1) is 10.2 Å². The molecule has 0 fully saturated rings. The molecule has 0 radical (unpaired) electrons. The average Bonchev–Trinajstić information content (AvgIpc) is 3.27. The van der Waals surface area contributed by atoms with Crippen LogP contribution in [0, 0.1) is 0 Å². The van der Waals surface area contributed by atoms with Crippen LogP contribution >= 0.6 is 0 Å². The molecule has 2 heterocycles. The van der Waals surface area contributed by atoms with Crippen LogP contribution in [0.5, 0.6) is 0 Å². The summed E-state index contributed by atoms with van der Waals surface area (Å²) in [5, 5.41) is 12.5. The van der Waals surface area contributed by atoms with Crippen LogP contribution in [0.25, 0.3) is 16.6 Å². The molecule has 28 heavy (non-hydrogen) atoms. The number of nitrogens with one attached hydrogen (secondary N) is 1. The van der Waals surface area contributed by atoms with E-state index in [-0.39, 0.29) is 11.3 Å². The van der Waals surface area contributed by atoms with Crippen LogP contribution in [0.2, 0.25) is 0 Å². The molecule has 8 nitrogen and oxygen atoms in total. The zero-order valence-electron chi connectivity index (χ0n) is 14.9. The Morgan fingerprint density at radius 3 is 2.46 bits per heavy atom.